The molecule has 0 aliphatic carbocycles. The topological polar surface area (TPSA) is 98.8 Å². The molecular weight excluding hydrogens is 412 g/mol. The molecule has 5 rings (SSSR count). The summed E-state index contributed by atoms with van der Waals surface area (Å²) in [6.45, 7) is 5.04. The average Bonchev–Trinajstić information content (AvgIpc) is 3.52. The third kappa shape index (κ3) is 3.70. The lowest BCUT2D eigenvalue weighted by atomic mass is 10.0. The lowest BCUT2D eigenvalue weighted by Gasteiger charge is -2.32. The summed E-state index contributed by atoms with van der Waals surface area (Å²) >= 11 is 0. The van der Waals surface area contributed by atoms with Crippen molar-refractivity contribution in [1.82, 2.24) is 14.7 Å². The molecule has 32 heavy (non-hydrogen) atoms. The molecule has 0 saturated carbocycles. The molecule has 9 nitrogen and oxygen atoms in total. The number of furan rings is 1. The highest BCUT2D eigenvalue weighted by molar-refractivity contribution is 6.04. The van der Waals surface area contributed by atoms with E-state index in [1.54, 1.807) is 36.5 Å². The molecule has 9 heteroatoms. The number of carbonyl (C=O) groups excluding carboxylic acids is 2. The molecule has 2 aliphatic rings. The van der Waals surface area contributed by atoms with Crippen molar-refractivity contribution in [2.45, 2.75) is 32.7 Å². The second-order valence-electron chi connectivity index (χ2n) is 8.03. The van der Waals surface area contributed by atoms with Gasteiger partial charge in [0.05, 0.1) is 17.8 Å². The lowest BCUT2D eigenvalue weighted by Crippen LogP contribution is -2.39. The molecule has 1 N–H and O–H groups in total. The summed E-state index contributed by atoms with van der Waals surface area (Å²) in [4.78, 5) is 27.5. The van der Waals surface area contributed by atoms with E-state index < -0.39 is 0 Å². The van der Waals surface area contributed by atoms with Gasteiger partial charge in [-0.1, -0.05) is 0 Å². The van der Waals surface area contributed by atoms with Gasteiger partial charge in [-0.3, -0.25) is 9.59 Å². The number of ether oxygens (including phenoxy) is 2. The van der Waals surface area contributed by atoms with Gasteiger partial charge in [0.1, 0.15) is 17.3 Å². The smallest absolute Gasteiger partial charge is 0.257 e. The van der Waals surface area contributed by atoms with Crippen molar-refractivity contribution in [3.8, 4) is 11.5 Å². The number of hydrogen-bond donors (Lipinski definition) is 1. The minimum atomic E-state index is -0.247. The normalized spacial score (nSPS) is 15.8. The number of hydrogen-bond acceptors (Lipinski definition) is 6. The first-order valence-corrected chi connectivity index (χ1v) is 10.6. The third-order valence-corrected chi connectivity index (χ3v) is 5.92. The maximum Gasteiger partial charge on any atom is 0.257 e. The van der Waals surface area contributed by atoms with Crippen LogP contribution in [0.5, 0.6) is 11.5 Å². The summed E-state index contributed by atoms with van der Waals surface area (Å²) in [5.41, 5.74) is 1.10. The quantitative estimate of drug-likeness (QED) is 0.672. The maximum absolute atomic E-state index is 12.8. The summed E-state index contributed by atoms with van der Waals surface area (Å²) in [7, 11) is 0. The number of benzene rings is 1. The number of amides is 2. The van der Waals surface area contributed by atoms with E-state index in [0.717, 1.165) is 18.6 Å². The van der Waals surface area contributed by atoms with Crippen molar-refractivity contribution in [2.75, 3.05) is 25.2 Å². The number of carbonyl (C=O) groups is 2. The van der Waals surface area contributed by atoms with E-state index in [9.17, 15) is 9.59 Å². The fraction of sp³-hybridized carbons (Fsp3) is 0.348. The molecule has 0 unspecified atom stereocenters. The van der Waals surface area contributed by atoms with Crippen LogP contribution in [-0.4, -0.2) is 46.4 Å². The Bertz CT molecular complexity index is 1170. The Hall–Kier alpha value is -3.75. The van der Waals surface area contributed by atoms with E-state index in [2.05, 4.69) is 10.4 Å². The summed E-state index contributed by atoms with van der Waals surface area (Å²) in [5, 5.41) is 7.37. The SMILES string of the molecule is Cc1cc(C(=O)N2CCC(n3nccc3NC(=O)c3ccc4c(c3)OCO4)CC2)c(C)o1. The van der Waals surface area contributed by atoms with Gasteiger partial charge in [0.2, 0.25) is 6.79 Å². The zero-order chi connectivity index (χ0) is 22.2. The molecule has 2 aliphatic heterocycles. The Morgan fingerprint density at radius 1 is 1.06 bits per heavy atom. The Balaban J connectivity index is 1.24. The first-order chi connectivity index (χ1) is 15.5. The molecule has 0 atom stereocenters. The highest BCUT2D eigenvalue weighted by atomic mass is 16.7. The fourth-order valence-corrected chi connectivity index (χ4v) is 4.26. The minimum absolute atomic E-state index is 0.00500. The van der Waals surface area contributed by atoms with Crippen LogP contribution in [0.3, 0.4) is 0 Å². The van der Waals surface area contributed by atoms with Gasteiger partial charge in [-0.05, 0) is 51.0 Å². The van der Waals surface area contributed by atoms with Crippen molar-refractivity contribution in [3.63, 3.8) is 0 Å². The van der Waals surface area contributed by atoms with Crippen LogP contribution in [-0.2, 0) is 0 Å². The number of piperidine rings is 1. The largest absolute Gasteiger partial charge is 0.466 e. The van der Waals surface area contributed by atoms with Crippen LogP contribution >= 0.6 is 0 Å². The third-order valence-electron chi connectivity index (χ3n) is 5.92. The Kier molecular flexibility index (Phi) is 5.08. The zero-order valence-electron chi connectivity index (χ0n) is 18.0. The van der Waals surface area contributed by atoms with E-state index in [1.807, 2.05) is 23.4 Å². The molecule has 0 bridgehead atoms. The van der Waals surface area contributed by atoms with Crippen LogP contribution in [0.1, 0.15) is 51.1 Å². The molecular formula is C23H24N4O5. The highest BCUT2D eigenvalue weighted by Crippen LogP contribution is 2.33. The van der Waals surface area contributed by atoms with E-state index in [0.29, 0.717) is 47.3 Å². The van der Waals surface area contributed by atoms with Crippen molar-refractivity contribution in [3.05, 3.63) is 59.2 Å². The first kappa shape index (κ1) is 20.2. The van der Waals surface area contributed by atoms with Gasteiger partial charge in [-0.25, -0.2) is 4.68 Å². The van der Waals surface area contributed by atoms with E-state index in [1.165, 1.54) is 0 Å². The molecule has 4 heterocycles. The van der Waals surface area contributed by atoms with Crippen LogP contribution in [0.25, 0.3) is 0 Å². The molecule has 1 fully saturated rings. The summed E-state index contributed by atoms with van der Waals surface area (Å²) in [6, 6.07) is 8.76. The van der Waals surface area contributed by atoms with Crippen molar-refractivity contribution >= 4 is 17.6 Å². The highest BCUT2D eigenvalue weighted by Gasteiger charge is 2.28. The predicted molar refractivity (Wildman–Crippen MR) is 115 cm³/mol. The van der Waals surface area contributed by atoms with Gasteiger partial charge in [-0.2, -0.15) is 5.10 Å². The standard InChI is InChI=1S/C23H24N4O5/c1-14-11-18(15(2)32-14)23(29)26-9-6-17(7-10-26)27-21(5-8-24-27)25-22(28)16-3-4-19-20(12-16)31-13-30-19/h3-5,8,11-12,17H,6-7,9-10,13H2,1-2H3,(H,25,28). The number of rotatable bonds is 4. The van der Waals surface area contributed by atoms with Gasteiger partial charge >= 0.3 is 0 Å². The van der Waals surface area contributed by atoms with E-state index in [-0.39, 0.29) is 24.6 Å². The summed E-state index contributed by atoms with van der Waals surface area (Å²) in [5.74, 6) is 2.95. The second-order valence-corrected chi connectivity index (χ2v) is 8.03. The lowest BCUT2D eigenvalue weighted by molar-refractivity contribution is 0.0689. The predicted octanol–water partition coefficient (Wildman–Crippen LogP) is 3.55. The van der Waals surface area contributed by atoms with Gasteiger partial charge < -0.3 is 24.1 Å². The second kappa shape index (κ2) is 8.07. The number of aryl methyl sites for hydroxylation is 2. The van der Waals surface area contributed by atoms with Crippen molar-refractivity contribution in [2.24, 2.45) is 0 Å². The van der Waals surface area contributed by atoms with Crippen LogP contribution in [0.2, 0.25) is 0 Å². The summed E-state index contributed by atoms with van der Waals surface area (Å²) in [6.07, 6.45) is 3.16. The Labute approximate surface area is 184 Å². The fourth-order valence-electron chi connectivity index (χ4n) is 4.26. The number of aromatic nitrogens is 2. The molecule has 2 amide bonds. The molecule has 0 spiro atoms. The number of likely N-dealkylation sites (tertiary alicyclic amines) is 1. The van der Waals surface area contributed by atoms with Crippen LogP contribution < -0.4 is 14.8 Å². The monoisotopic (exact) mass is 436 g/mol. The van der Waals surface area contributed by atoms with Gasteiger partial charge in [-0.15, -0.1) is 0 Å². The van der Waals surface area contributed by atoms with Gasteiger partial charge in [0, 0.05) is 24.7 Å². The molecule has 1 saturated heterocycles. The first-order valence-electron chi connectivity index (χ1n) is 10.6. The van der Waals surface area contributed by atoms with Crippen LogP contribution in [0, 0.1) is 13.8 Å². The summed E-state index contributed by atoms with van der Waals surface area (Å²) < 4.78 is 18.0. The van der Waals surface area contributed by atoms with Crippen molar-refractivity contribution < 1.29 is 23.5 Å². The molecule has 3 aromatic rings. The Morgan fingerprint density at radius 2 is 1.84 bits per heavy atom. The number of nitrogens with one attached hydrogen (secondary N) is 1. The zero-order valence-corrected chi connectivity index (χ0v) is 18.0. The van der Waals surface area contributed by atoms with E-state index >= 15 is 0 Å². The Morgan fingerprint density at radius 3 is 2.59 bits per heavy atom. The van der Waals surface area contributed by atoms with Gasteiger partial charge in [0.25, 0.3) is 11.8 Å². The minimum Gasteiger partial charge on any atom is -0.466 e. The average molecular weight is 436 g/mol. The van der Waals surface area contributed by atoms with E-state index in [4.69, 9.17) is 13.9 Å². The number of nitrogens with zero attached hydrogens (tertiary/aromatic N) is 3. The molecule has 166 valence electrons. The van der Waals surface area contributed by atoms with Crippen molar-refractivity contribution in [1.29, 1.82) is 0 Å². The molecule has 0 radical (unpaired) electrons. The van der Waals surface area contributed by atoms with Crippen LogP contribution in [0.4, 0.5) is 5.82 Å². The maximum atomic E-state index is 12.8. The molecule has 1 aromatic carbocycles. The number of fused-ring (bicyclic) bond motifs is 1. The number of anilines is 1. The van der Waals surface area contributed by atoms with Gasteiger partial charge in [0.15, 0.2) is 11.5 Å². The van der Waals surface area contributed by atoms with Crippen LogP contribution in [0.15, 0.2) is 40.9 Å². The molecule has 2 aromatic heterocycles.